The van der Waals surface area contributed by atoms with Crippen LogP contribution in [0.15, 0.2) is 20.9 Å². The molecule has 1 aliphatic carbocycles. The lowest BCUT2D eigenvalue weighted by Crippen LogP contribution is -2.45. The second-order valence-electron chi connectivity index (χ2n) is 5.63. The van der Waals surface area contributed by atoms with Gasteiger partial charge in [0, 0.05) is 41.7 Å². The monoisotopic (exact) mass is 372 g/mol. The SMILES string of the molecule is CCNC(=NCCCSc1nccs1)NC1CCCC(SC)C1. The van der Waals surface area contributed by atoms with Gasteiger partial charge in [0.1, 0.15) is 4.34 Å². The summed E-state index contributed by atoms with van der Waals surface area (Å²) >= 11 is 5.54. The van der Waals surface area contributed by atoms with E-state index >= 15 is 0 Å². The predicted octanol–water partition coefficient (Wildman–Crippen LogP) is 3.85. The predicted molar refractivity (Wildman–Crippen MR) is 106 cm³/mol. The second-order valence-corrected chi connectivity index (χ2v) is 9.00. The Hall–Kier alpha value is -0.400. The summed E-state index contributed by atoms with van der Waals surface area (Å²) in [4.78, 5) is 9.02. The molecule has 7 heteroatoms. The molecule has 4 nitrogen and oxygen atoms in total. The average molecular weight is 373 g/mol. The van der Waals surface area contributed by atoms with Crippen molar-refractivity contribution in [2.75, 3.05) is 25.1 Å². The molecule has 2 rings (SSSR count). The van der Waals surface area contributed by atoms with Crippen molar-refractivity contribution in [2.24, 2.45) is 4.99 Å². The fraction of sp³-hybridized carbons (Fsp3) is 0.750. The van der Waals surface area contributed by atoms with E-state index in [-0.39, 0.29) is 0 Å². The van der Waals surface area contributed by atoms with Crippen LogP contribution in [0.5, 0.6) is 0 Å². The summed E-state index contributed by atoms with van der Waals surface area (Å²) in [5.74, 6) is 2.06. The van der Waals surface area contributed by atoms with Crippen molar-refractivity contribution in [1.29, 1.82) is 0 Å². The topological polar surface area (TPSA) is 49.3 Å². The lowest BCUT2D eigenvalue weighted by Gasteiger charge is -2.29. The fourth-order valence-electron chi connectivity index (χ4n) is 2.70. The van der Waals surface area contributed by atoms with E-state index in [1.807, 2.05) is 35.1 Å². The highest BCUT2D eigenvalue weighted by Gasteiger charge is 2.21. The zero-order chi connectivity index (χ0) is 16.3. The van der Waals surface area contributed by atoms with Crippen LogP contribution < -0.4 is 10.6 Å². The van der Waals surface area contributed by atoms with Crippen LogP contribution in [0.2, 0.25) is 0 Å². The summed E-state index contributed by atoms with van der Waals surface area (Å²) in [5.41, 5.74) is 0. The zero-order valence-electron chi connectivity index (χ0n) is 14.1. The van der Waals surface area contributed by atoms with E-state index in [1.54, 1.807) is 11.3 Å². The smallest absolute Gasteiger partial charge is 0.191 e. The summed E-state index contributed by atoms with van der Waals surface area (Å²) in [5, 5.41) is 9.85. The Kier molecular flexibility index (Phi) is 9.22. The number of aliphatic imine (C=N–C) groups is 1. The van der Waals surface area contributed by atoms with Gasteiger partial charge in [-0.2, -0.15) is 11.8 Å². The number of hydrogen-bond acceptors (Lipinski definition) is 5. The minimum absolute atomic E-state index is 0.573. The maximum absolute atomic E-state index is 4.73. The molecular formula is C16H28N4S3. The Morgan fingerprint density at radius 1 is 1.48 bits per heavy atom. The summed E-state index contributed by atoms with van der Waals surface area (Å²) in [7, 11) is 0. The molecule has 0 aromatic carbocycles. The molecule has 1 aromatic rings. The number of hydrogen-bond donors (Lipinski definition) is 2. The van der Waals surface area contributed by atoms with Crippen LogP contribution in [-0.4, -0.2) is 47.3 Å². The van der Waals surface area contributed by atoms with E-state index < -0.39 is 0 Å². The van der Waals surface area contributed by atoms with Crippen LogP contribution in [0.3, 0.4) is 0 Å². The number of thiazole rings is 1. The van der Waals surface area contributed by atoms with Crippen molar-refractivity contribution in [3.05, 3.63) is 11.6 Å². The van der Waals surface area contributed by atoms with Gasteiger partial charge in [-0.25, -0.2) is 4.98 Å². The maximum Gasteiger partial charge on any atom is 0.191 e. The molecular weight excluding hydrogens is 344 g/mol. The van der Waals surface area contributed by atoms with E-state index in [4.69, 9.17) is 4.99 Å². The highest BCUT2D eigenvalue weighted by Crippen LogP contribution is 2.26. The molecule has 2 atom stereocenters. The molecule has 2 unspecified atom stereocenters. The maximum atomic E-state index is 4.73. The molecule has 0 radical (unpaired) electrons. The van der Waals surface area contributed by atoms with Crippen molar-refractivity contribution in [3.8, 4) is 0 Å². The van der Waals surface area contributed by atoms with E-state index in [0.717, 1.165) is 40.8 Å². The van der Waals surface area contributed by atoms with Crippen molar-refractivity contribution >= 4 is 40.8 Å². The molecule has 0 saturated heterocycles. The first kappa shape index (κ1) is 18.9. The van der Waals surface area contributed by atoms with Crippen LogP contribution in [0.25, 0.3) is 0 Å². The molecule has 0 spiro atoms. The molecule has 23 heavy (non-hydrogen) atoms. The summed E-state index contributed by atoms with van der Waals surface area (Å²) in [6.45, 7) is 3.91. The average Bonchev–Trinajstić information content (AvgIpc) is 3.08. The van der Waals surface area contributed by atoms with Crippen LogP contribution >= 0.6 is 34.9 Å². The lowest BCUT2D eigenvalue weighted by atomic mass is 9.95. The Balaban J connectivity index is 1.70. The van der Waals surface area contributed by atoms with E-state index in [0.29, 0.717) is 6.04 Å². The van der Waals surface area contributed by atoms with Gasteiger partial charge in [0.2, 0.25) is 0 Å². The van der Waals surface area contributed by atoms with Crippen LogP contribution in [0.1, 0.15) is 39.0 Å². The Bertz CT molecular complexity index is 450. The van der Waals surface area contributed by atoms with Gasteiger partial charge in [0.25, 0.3) is 0 Å². The highest BCUT2D eigenvalue weighted by atomic mass is 32.2. The van der Waals surface area contributed by atoms with Crippen LogP contribution in [0, 0.1) is 0 Å². The second kappa shape index (κ2) is 11.2. The van der Waals surface area contributed by atoms with E-state index in [9.17, 15) is 0 Å². The number of nitrogens with zero attached hydrogens (tertiary/aromatic N) is 2. The van der Waals surface area contributed by atoms with Gasteiger partial charge in [-0.1, -0.05) is 18.2 Å². The molecule has 1 aromatic heterocycles. The zero-order valence-corrected chi connectivity index (χ0v) is 16.5. The third-order valence-electron chi connectivity index (χ3n) is 3.85. The van der Waals surface area contributed by atoms with E-state index in [2.05, 4.69) is 28.8 Å². The number of thioether (sulfide) groups is 2. The summed E-state index contributed by atoms with van der Waals surface area (Å²) in [6.07, 6.45) is 10.4. The Morgan fingerprint density at radius 2 is 2.39 bits per heavy atom. The Morgan fingerprint density at radius 3 is 3.13 bits per heavy atom. The molecule has 0 amide bonds. The van der Waals surface area contributed by atoms with Crippen LogP contribution in [0.4, 0.5) is 0 Å². The molecule has 1 aliphatic rings. The number of aromatic nitrogens is 1. The molecule has 1 saturated carbocycles. The van der Waals surface area contributed by atoms with Gasteiger partial charge >= 0.3 is 0 Å². The first-order chi connectivity index (χ1) is 11.3. The molecule has 0 bridgehead atoms. The van der Waals surface area contributed by atoms with Gasteiger partial charge in [0.15, 0.2) is 5.96 Å². The van der Waals surface area contributed by atoms with Gasteiger partial charge in [-0.05, 0) is 38.9 Å². The van der Waals surface area contributed by atoms with Crippen molar-refractivity contribution < 1.29 is 0 Å². The Labute approximate surface area is 152 Å². The minimum atomic E-state index is 0.573. The fourth-order valence-corrected chi connectivity index (χ4v) is 5.16. The van der Waals surface area contributed by atoms with Crippen molar-refractivity contribution in [3.63, 3.8) is 0 Å². The summed E-state index contributed by atoms with van der Waals surface area (Å²) in [6, 6.07) is 0.573. The normalized spacial score (nSPS) is 22.1. The quantitative estimate of drug-likeness (QED) is 0.314. The van der Waals surface area contributed by atoms with E-state index in [1.165, 1.54) is 25.7 Å². The van der Waals surface area contributed by atoms with Crippen LogP contribution in [-0.2, 0) is 0 Å². The molecule has 2 N–H and O–H groups in total. The van der Waals surface area contributed by atoms with Gasteiger partial charge in [-0.3, -0.25) is 4.99 Å². The molecule has 1 fully saturated rings. The summed E-state index contributed by atoms with van der Waals surface area (Å²) < 4.78 is 1.16. The molecule has 1 heterocycles. The van der Waals surface area contributed by atoms with Gasteiger partial charge in [-0.15, -0.1) is 11.3 Å². The minimum Gasteiger partial charge on any atom is -0.357 e. The third kappa shape index (κ3) is 7.35. The standard InChI is InChI=1S/C16H28N4S3/c1-3-17-15(20-13-6-4-7-14(12-13)21-2)18-8-5-10-22-16-19-9-11-23-16/h9,11,13-14H,3-8,10,12H2,1-2H3,(H2,17,18,20). The third-order valence-corrected chi connectivity index (χ3v) is 7.00. The lowest BCUT2D eigenvalue weighted by molar-refractivity contribution is 0.419. The van der Waals surface area contributed by atoms with Gasteiger partial charge in [0.05, 0.1) is 0 Å². The number of guanidine groups is 1. The molecule has 130 valence electrons. The van der Waals surface area contributed by atoms with Crippen molar-refractivity contribution in [1.82, 2.24) is 15.6 Å². The number of nitrogens with one attached hydrogen (secondary N) is 2. The van der Waals surface area contributed by atoms with Gasteiger partial charge < -0.3 is 10.6 Å². The van der Waals surface area contributed by atoms with Crippen molar-refractivity contribution in [2.45, 2.75) is 54.7 Å². The first-order valence-electron chi connectivity index (χ1n) is 8.41. The molecule has 0 aliphatic heterocycles. The highest BCUT2D eigenvalue weighted by molar-refractivity contribution is 8.01. The first-order valence-corrected chi connectivity index (χ1v) is 11.6. The largest absolute Gasteiger partial charge is 0.357 e. The number of rotatable bonds is 8.